The summed E-state index contributed by atoms with van der Waals surface area (Å²) >= 11 is 0. The molecule has 0 saturated carbocycles. The van der Waals surface area contributed by atoms with Crippen LogP contribution in [0.3, 0.4) is 0 Å². The zero-order valence-electron chi connectivity index (χ0n) is 19.4. The minimum atomic E-state index is -1.21. The number of carbonyl (C=O) groups is 3. The van der Waals surface area contributed by atoms with Gasteiger partial charge in [-0.25, -0.2) is 14.7 Å². The number of aromatic hydroxyl groups is 1. The Bertz CT molecular complexity index is 1790. The Morgan fingerprint density at radius 3 is 2.38 bits per heavy atom. The average molecular weight is 490 g/mol. The molecule has 8 nitrogen and oxygen atoms in total. The lowest BCUT2D eigenvalue weighted by Gasteiger charge is -2.16. The second-order valence-electron chi connectivity index (χ2n) is 8.79. The monoisotopic (exact) mass is 490 g/mol. The van der Waals surface area contributed by atoms with E-state index in [9.17, 15) is 24.6 Å². The van der Waals surface area contributed by atoms with Gasteiger partial charge >= 0.3 is 5.97 Å². The molecule has 0 radical (unpaired) electrons. The Labute approximate surface area is 210 Å². The molecule has 0 atom stereocenters. The summed E-state index contributed by atoms with van der Waals surface area (Å²) < 4.78 is 5.94. The summed E-state index contributed by atoms with van der Waals surface area (Å²) in [5.74, 6) is -2.65. The Morgan fingerprint density at radius 1 is 0.838 bits per heavy atom. The quantitative estimate of drug-likeness (QED) is 0.311. The van der Waals surface area contributed by atoms with E-state index in [0.29, 0.717) is 16.7 Å². The smallest absolute Gasteiger partial charge is 0.335 e. The van der Waals surface area contributed by atoms with E-state index in [-0.39, 0.29) is 34.0 Å². The van der Waals surface area contributed by atoms with E-state index in [1.54, 1.807) is 6.07 Å². The van der Waals surface area contributed by atoms with Crippen LogP contribution in [-0.4, -0.2) is 33.0 Å². The van der Waals surface area contributed by atoms with Crippen molar-refractivity contribution in [2.45, 2.75) is 6.92 Å². The molecule has 1 aromatic heterocycles. The van der Waals surface area contributed by atoms with Crippen molar-refractivity contribution >= 4 is 34.6 Å². The number of imide groups is 1. The highest BCUT2D eigenvalue weighted by Crippen LogP contribution is 2.38. The number of hydrogen-bond donors (Lipinski definition) is 2. The predicted octanol–water partition coefficient (Wildman–Crippen LogP) is 5.67. The number of aromatic carboxylic acids is 1. The number of nitrogens with zero attached hydrogens (tertiary/aromatic N) is 2. The zero-order valence-corrected chi connectivity index (χ0v) is 19.4. The molecular formula is C29H18N2O6. The first-order valence-corrected chi connectivity index (χ1v) is 11.4. The number of carbonyl (C=O) groups excluding carboxylic acids is 2. The van der Waals surface area contributed by atoms with Crippen LogP contribution in [0.15, 0.2) is 83.3 Å². The number of carboxylic acid groups (broad SMARTS) is 1. The van der Waals surface area contributed by atoms with Gasteiger partial charge in [-0.1, -0.05) is 35.9 Å². The highest BCUT2D eigenvalue weighted by molar-refractivity contribution is 6.35. The van der Waals surface area contributed by atoms with Gasteiger partial charge in [0.25, 0.3) is 11.8 Å². The van der Waals surface area contributed by atoms with Crippen LogP contribution in [0.4, 0.5) is 5.69 Å². The van der Waals surface area contributed by atoms with Crippen molar-refractivity contribution in [1.29, 1.82) is 0 Å². The number of oxazole rings is 1. The molecule has 0 saturated heterocycles. The fourth-order valence-electron chi connectivity index (χ4n) is 4.48. The lowest BCUT2D eigenvalue weighted by Crippen LogP contribution is -2.29. The van der Waals surface area contributed by atoms with Crippen LogP contribution >= 0.6 is 0 Å². The van der Waals surface area contributed by atoms with E-state index in [4.69, 9.17) is 4.42 Å². The summed E-state index contributed by atoms with van der Waals surface area (Å²) in [4.78, 5) is 42.9. The number of rotatable bonds is 4. The van der Waals surface area contributed by atoms with Crippen LogP contribution in [0.2, 0.25) is 0 Å². The number of carboxylic acids is 1. The maximum absolute atomic E-state index is 13.1. The molecule has 8 heteroatoms. The van der Waals surface area contributed by atoms with Gasteiger partial charge in [-0.2, -0.15) is 0 Å². The third-order valence-corrected chi connectivity index (χ3v) is 6.34. The van der Waals surface area contributed by atoms with E-state index < -0.39 is 17.8 Å². The molecule has 0 bridgehead atoms. The average Bonchev–Trinajstić information content (AvgIpc) is 3.42. The largest absolute Gasteiger partial charge is 0.506 e. The van der Waals surface area contributed by atoms with Crippen molar-refractivity contribution in [3.8, 4) is 28.3 Å². The number of amides is 2. The number of aryl methyl sites for hydroxylation is 1. The van der Waals surface area contributed by atoms with Gasteiger partial charge in [0.05, 0.1) is 22.4 Å². The van der Waals surface area contributed by atoms with Crippen molar-refractivity contribution in [2.24, 2.45) is 0 Å². The van der Waals surface area contributed by atoms with E-state index in [2.05, 4.69) is 11.1 Å². The van der Waals surface area contributed by atoms with Crippen molar-refractivity contribution in [3.05, 3.63) is 101 Å². The summed E-state index contributed by atoms with van der Waals surface area (Å²) in [7, 11) is 0. The highest BCUT2D eigenvalue weighted by atomic mass is 16.4. The van der Waals surface area contributed by atoms with Crippen LogP contribution in [0.25, 0.3) is 33.7 Å². The Morgan fingerprint density at radius 2 is 1.59 bits per heavy atom. The molecule has 0 spiro atoms. The summed E-state index contributed by atoms with van der Waals surface area (Å²) in [6, 6.07) is 21.9. The lowest BCUT2D eigenvalue weighted by atomic mass is 10.0. The fraction of sp³-hybridized carbons (Fsp3) is 0.0345. The molecule has 1 aliphatic heterocycles. The van der Waals surface area contributed by atoms with Gasteiger partial charge < -0.3 is 14.6 Å². The second kappa shape index (κ2) is 8.17. The van der Waals surface area contributed by atoms with E-state index >= 15 is 0 Å². The molecular weight excluding hydrogens is 472 g/mol. The van der Waals surface area contributed by atoms with Gasteiger partial charge in [0, 0.05) is 5.56 Å². The van der Waals surface area contributed by atoms with Gasteiger partial charge in [0.15, 0.2) is 5.58 Å². The van der Waals surface area contributed by atoms with Gasteiger partial charge in [-0.05, 0) is 66.6 Å². The van der Waals surface area contributed by atoms with Crippen molar-refractivity contribution in [2.75, 3.05) is 4.90 Å². The van der Waals surface area contributed by atoms with E-state index in [1.807, 2.05) is 43.3 Å². The summed E-state index contributed by atoms with van der Waals surface area (Å²) in [5.41, 5.74) is 4.66. The molecule has 1 aliphatic rings. The number of benzene rings is 4. The molecule has 4 aromatic carbocycles. The fourth-order valence-corrected chi connectivity index (χ4v) is 4.48. The first kappa shape index (κ1) is 22.2. The zero-order chi connectivity index (χ0) is 25.8. The van der Waals surface area contributed by atoms with Gasteiger partial charge in [0.2, 0.25) is 5.89 Å². The van der Waals surface area contributed by atoms with Crippen LogP contribution in [0.5, 0.6) is 5.75 Å². The van der Waals surface area contributed by atoms with Crippen LogP contribution in [0.1, 0.15) is 36.6 Å². The van der Waals surface area contributed by atoms with Crippen molar-refractivity contribution < 1.29 is 29.0 Å². The molecule has 6 rings (SSSR count). The molecule has 2 N–H and O–H groups in total. The van der Waals surface area contributed by atoms with E-state index in [0.717, 1.165) is 27.7 Å². The SMILES string of the molecule is Cc1cccc(-c2ccc3oc(-c4ccc(O)c(N5C(=O)c6ccc(C(=O)O)cc6C5=O)c4)nc3c2)c1. The van der Waals surface area contributed by atoms with Gasteiger partial charge in [-0.15, -0.1) is 0 Å². The van der Waals surface area contributed by atoms with Crippen LogP contribution < -0.4 is 4.90 Å². The maximum atomic E-state index is 13.1. The minimum Gasteiger partial charge on any atom is -0.506 e. The molecule has 37 heavy (non-hydrogen) atoms. The Hall–Kier alpha value is -5.24. The van der Waals surface area contributed by atoms with Crippen molar-refractivity contribution in [3.63, 3.8) is 0 Å². The van der Waals surface area contributed by atoms with Gasteiger partial charge in [0.1, 0.15) is 11.3 Å². The first-order valence-electron chi connectivity index (χ1n) is 11.4. The van der Waals surface area contributed by atoms with Gasteiger partial charge in [-0.3, -0.25) is 9.59 Å². The van der Waals surface area contributed by atoms with E-state index in [1.165, 1.54) is 24.3 Å². The number of hydrogen-bond acceptors (Lipinski definition) is 6. The Kier molecular flexibility index (Phi) is 4.91. The summed E-state index contributed by atoms with van der Waals surface area (Å²) in [6.07, 6.45) is 0. The molecule has 180 valence electrons. The maximum Gasteiger partial charge on any atom is 0.335 e. The van der Waals surface area contributed by atoms with Crippen LogP contribution in [-0.2, 0) is 0 Å². The normalized spacial score (nSPS) is 12.8. The number of phenolic OH excluding ortho intramolecular Hbond substituents is 1. The minimum absolute atomic E-state index is 0.0414. The Balaban J connectivity index is 1.39. The molecule has 0 fully saturated rings. The molecule has 2 heterocycles. The topological polar surface area (TPSA) is 121 Å². The molecule has 2 amide bonds. The van der Waals surface area contributed by atoms with Crippen molar-refractivity contribution in [1.82, 2.24) is 4.98 Å². The first-order chi connectivity index (χ1) is 17.8. The summed E-state index contributed by atoms with van der Waals surface area (Å²) in [6.45, 7) is 2.03. The molecule has 5 aromatic rings. The number of fused-ring (bicyclic) bond motifs is 2. The summed E-state index contributed by atoms with van der Waals surface area (Å²) in [5, 5.41) is 19.8. The number of phenols is 1. The molecule has 0 unspecified atom stereocenters. The number of anilines is 1. The second-order valence-corrected chi connectivity index (χ2v) is 8.79. The third kappa shape index (κ3) is 3.63. The lowest BCUT2D eigenvalue weighted by molar-refractivity contribution is 0.0696. The number of aromatic nitrogens is 1. The predicted molar refractivity (Wildman–Crippen MR) is 136 cm³/mol. The van der Waals surface area contributed by atoms with Crippen LogP contribution in [0, 0.1) is 6.92 Å². The highest BCUT2D eigenvalue weighted by Gasteiger charge is 2.38. The molecule has 0 aliphatic carbocycles. The third-order valence-electron chi connectivity index (χ3n) is 6.34. The standard InChI is InChI=1S/C29H18N2O6/c1-15-3-2-4-16(11-15)17-7-10-25-22(13-17)30-26(37-25)18-6-9-24(32)23(14-18)31-27(33)20-8-5-19(29(35)36)12-21(20)28(31)34/h2-14,32H,1H3,(H,35,36).